The second kappa shape index (κ2) is 4.99. The highest BCUT2D eigenvalue weighted by molar-refractivity contribution is 5.85. The van der Waals surface area contributed by atoms with Crippen LogP contribution in [0.25, 0.3) is 0 Å². The van der Waals surface area contributed by atoms with E-state index in [-0.39, 0.29) is 18.5 Å². The quantitative estimate of drug-likeness (QED) is 0.567. The van der Waals surface area contributed by atoms with Crippen LogP contribution in [0, 0.1) is 0 Å². The molecule has 0 aromatic heterocycles. The molecule has 1 heterocycles. The zero-order valence-electron chi connectivity index (χ0n) is 5.21. The highest BCUT2D eigenvalue weighted by Crippen LogP contribution is 1.96. The smallest absolute Gasteiger partial charge is 0.0931 e. The van der Waals surface area contributed by atoms with Gasteiger partial charge >= 0.3 is 0 Å². The minimum Gasteiger partial charge on any atom is -0.376 e. The summed E-state index contributed by atoms with van der Waals surface area (Å²) in [7, 11) is 0. The molecule has 1 unspecified atom stereocenters. The van der Waals surface area contributed by atoms with Gasteiger partial charge in [0.2, 0.25) is 0 Å². The Kier molecular flexibility index (Phi) is 5.09. The molecule has 4 heteroatoms. The maximum absolute atomic E-state index is 5.30. The largest absolute Gasteiger partial charge is 0.376 e. The monoisotopic (exact) mass is 153 g/mol. The fourth-order valence-corrected chi connectivity index (χ4v) is 0.673. The third-order valence-corrected chi connectivity index (χ3v) is 1.15. The van der Waals surface area contributed by atoms with Crippen LogP contribution in [0.5, 0.6) is 0 Å². The van der Waals surface area contributed by atoms with Crippen molar-refractivity contribution >= 4 is 12.4 Å². The normalized spacial score (nSPS) is 27.0. The molecule has 3 nitrogen and oxygen atoms in total. The van der Waals surface area contributed by atoms with Crippen LogP contribution in [-0.4, -0.2) is 32.5 Å². The lowest BCUT2D eigenvalue weighted by Crippen LogP contribution is -2.34. The first kappa shape index (κ1) is 9.17. The Hall–Kier alpha value is 0.170. The molecule has 0 aromatic rings. The maximum atomic E-state index is 5.30. The first-order valence-electron chi connectivity index (χ1n) is 2.83. The van der Waals surface area contributed by atoms with Gasteiger partial charge in [-0.05, 0) is 0 Å². The van der Waals surface area contributed by atoms with Crippen molar-refractivity contribution in [1.82, 2.24) is 0 Å². The average molecular weight is 154 g/mol. The number of halogens is 1. The van der Waals surface area contributed by atoms with E-state index in [0.29, 0.717) is 19.8 Å². The van der Waals surface area contributed by atoms with Crippen LogP contribution in [0.15, 0.2) is 0 Å². The van der Waals surface area contributed by atoms with Crippen molar-refractivity contribution in [2.75, 3.05) is 26.4 Å². The molecule has 2 N–H and O–H groups in total. The van der Waals surface area contributed by atoms with E-state index in [1.54, 1.807) is 0 Å². The molecule has 0 spiro atoms. The molecule has 1 saturated heterocycles. The van der Waals surface area contributed by atoms with Crippen LogP contribution in [0.1, 0.15) is 0 Å². The van der Waals surface area contributed by atoms with Crippen molar-refractivity contribution < 1.29 is 9.47 Å². The van der Waals surface area contributed by atoms with E-state index in [2.05, 4.69) is 0 Å². The van der Waals surface area contributed by atoms with Gasteiger partial charge in [0.15, 0.2) is 0 Å². The zero-order chi connectivity index (χ0) is 5.82. The van der Waals surface area contributed by atoms with Gasteiger partial charge in [0.1, 0.15) is 0 Å². The number of nitrogens with two attached hydrogens (primary N) is 1. The Morgan fingerprint density at radius 2 is 2.22 bits per heavy atom. The number of ether oxygens (including phenoxy) is 2. The third-order valence-electron chi connectivity index (χ3n) is 1.15. The lowest BCUT2D eigenvalue weighted by molar-refractivity contribution is -0.0834. The van der Waals surface area contributed by atoms with Crippen LogP contribution in [0.2, 0.25) is 0 Å². The van der Waals surface area contributed by atoms with Crippen molar-refractivity contribution in [2.45, 2.75) is 6.10 Å². The predicted octanol–water partition coefficient (Wildman–Crippen LogP) is -0.218. The van der Waals surface area contributed by atoms with Gasteiger partial charge in [-0.2, -0.15) is 0 Å². The zero-order valence-corrected chi connectivity index (χ0v) is 6.02. The van der Waals surface area contributed by atoms with E-state index < -0.39 is 0 Å². The molecule has 56 valence electrons. The van der Waals surface area contributed by atoms with Gasteiger partial charge in [0.05, 0.1) is 25.9 Å². The molecule has 0 saturated carbocycles. The Morgan fingerprint density at radius 1 is 1.44 bits per heavy atom. The van der Waals surface area contributed by atoms with Crippen molar-refractivity contribution in [3.63, 3.8) is 0 Å². The summed E-state index contributed by atoms with van der Waals surface area (Å²) in [4.78, 5) is 0. The first-order valence-corrected chi connectivity index (χ1v) is 2.83. The molecular weight excluding hydrogens is 142 g/mol. The lowest BCUT2D eigenvalue weighted by atomic mass is 10.3. The summed E-state index contributed by atoms with van der Waals surface area (Å²) in [6.45, 7) is 2.65. The summed E-state index contributed by atoms with van der Waals surface area (Å²) in [6.07, 6.45) is 0.142. The molecule has 0 bridgehead atoms. The highest BCUT2D eigenvalue weighted by atomic mass is 35.5. The Bertz CT molecular complexity index is 66.0. The van der Waals surface area contributed by atoms with Gasteiger partial charge in [-0.3, -0.25) is 0 Å². The van der Waals surface area contributed by atoms with Gasteiger partial charge in [0, 0.05) is 6.54 Å². The second-order valence-electron chi connectivity index (χ2n) is 1.80. The fourth-order valence-electron chi connectivity index (χ4n) is 0.673. The Labute approximate surface area is 60.9 Å². The molecule has 1 atom stereocenters. The number of rotatable bonds is 1. The maximum Gasteiger partial charge on any atom is 0.0931 e. The molecule has 0 aromatic carbocycles. The summed E-state index contributed by atoms with van der Waals surface area (Å²) >= 11 is 0. The first-order chi connectivity index (χ1) is 3.93. The van der Waals surface area contributed by atoms with E-state index in [4.69, 9.17) is 15.2 Å². The van der Waals surface area contributed by atoms with Crippen molar-refractivity contribution in [1.29, 1.82) is 0 Å². The highest BCUT2D eigenvalue weighted by Gasteiger charge is 2.10. The molecule has 1 fully saturated rings. The van der Waals surface area contributed by atoms with Crippen molar-refractivity contribution in [3.8, 4) is 0 Å². The summed E-state index contributed by atoms with van der Waals surface area (Å²) < 4.78 is 10.2. The van der Waals surface area contributed by atoms with E-state index in [1.807, 2.05) is 0 Å². The summed E-state index contributed by atoms with van der Waals surface area (Å²) in [6, 6.07) is 0. The van der Waals surface area contributed by atoms with Gasteiger partial charge in [0.25, 0.3) is 0 Å². The fraction of sp³-hybridized carbons (Fsp3) is 1.00. The van der Waals surface area contributed by atoms with Crippen LogP contribution in [0.3, 0.4) is 0 Å². The molecular formula is C5H12ClNO2. The predicted molar refractivity (Wildman–Crippen MR) is 36.9 cm³/mol. The lowest BCUT2D eigenvalue weighted by Gasteiger charge is -2.20. The van der Waals surface area contributed by atoms with Crippen LogP contribution >= 0.6 is 12.4 Å². The Balaban J connectivity index is 0.000000640. The van der Waals surface area contributed by atoms with E-state index in [0.717, 1.165) is 6.61 Å². The minimum atomic E-state index is 0. The SMILES string of the molecule is Cl.NCC1COCCO1. The van der Waals surface area contributed by atoms with Gasteiger partial charge < -0.3 is 15.2 Å². The average Bonchev–Trinajstić information content (AvgIpc) is 1.90. The molecule has 1 aliphatic heterocycles. The minimum absolute atomic E-state index is 0. The second-order valence-corrected chi connectivity index (χ2v) is 1.80. The summed E-state index contributed by atoms with van der Waals surface area (Å²) in [5.41, 5.74) is 5.30. The van der Waals surface area contributed by atoms with Gasteiger partial charge in [-0.25, -0.2) is 0 Å². The standard InChI is InChI=1S/C5H11NO2.ClH/c6-3-5-4-7-1-2-8-5;/h5H,1-4,6H2;1H. The molecule has 1 rings (SSSR count). The van der Waals surface area contributed by atoms with E-state index in [9.17, 15) is 0 Å². The molecule has 0 amide bonds. The molecule has 0 aliphatic carbocycles. The van der Waals surface area contributed by atoms with Crippen LogP contribution < -0.4 is 5.73 Å². The van der Waals surface area contributed by atoms with Crippen LogP contribution in [-0.2, 0) is 9.47 Å². The van der Waals surface area contributed by atoms with Crippen molar-refractivity contribution in [3.05, 3.63) is 0 Å². The van der Waals surface area contributed by atoms with Crippen molar-refractivity contribution in [2.24, 2.45) is 5.73 Å². The number of hydrogen-bond donors (Lipinski definition) is 1. The van der Waals surface area contributed by atoms with Gasteiger partial charge in [-0.15, -0.1) is 12.4 Å². The molecule has 9 heavy (non-hydrogen) atoms. The van der Waals surface area contributed by atoms with Crippen LogP contribution in [0.4, 0.5) is 0 Å². The Morgan fingerprint density at radius 3 is 2.56 bits per heavy atom. The summed E-state index contributed by atoms with van der Waals surface area (Å²) in [5, 5.41) is 0. The van der Waals surface area contributed by atoms with E-state index in [1.165, 1.54) is 0 Å². The third kappa shape index (κ3) is 3.01. The van der Waals surface area contributed by atoms with E-state index >= 15 is 0 Å². The summed E-state index contributed by atoms with van der Waals surface area (Å²) in [5.74, 6) is 0. The molecule has 1 aliphatic rings. The molecule has 0 radical (unpaired) electrons. The van der Waals surface area contributed by atoms with Gasteiger partial charge in [-0.1, -0.05) is 0 Å². The number of hydrogen-bond acceptors (Lipinski definition) is 3. The topological polar surface area (TPSA) is 44.5 Å².